The molecule has 2 rings (SSSR count). The van der Waals surface area contributed by atoms with Crippen LogP contribution >= 0.6 is 0 Å². The van der Waals surface area contributed by atoms with Crippen LogP contribution in [-0.2, 0) is 11.2 Å². The minimum Gasteiger partial charge on any atom is -0.445 e. The van der Waals surface area contributed by atoms with E-state index in [1.165, 1.54) is 0 Å². The Balaban J connectivity index is 2.07. The summed E-state index contributed by atoms with van der Waals surface area (Å²) in [6, 6.07) is 9.94. The number of aromatic nitrogens is 1. The number of carbonyl (C=O) groups excluding carboxylic acids is 1. The monoisotopic (exact) mass is 272 g/mol. The standard InChI is InChI=1S/C16H20N2O2/c1-11(2)16(19)17-10-9-14-15(18-12(3)20-14)13-7-5-4-6-8-13/h4-8,11H,9-10H2,1-3H3,(H,17,19). The molecule has 4 heteroatoms. The van der Waals surface area contributed by atoms with Gasteiger partial charge in [-0.2, -0.15) is 0 Å². The van der Waals surface area contributed by atoms with Crippen LogP contribution in [0.1, 0.15) is 25.5 Å². The van der Waals surface area contributed by atoms with Gasteiger partial charge in [0.1, 0.15) is 11.5 Å². The van der Waals surface area contributed by atoms with Crippen molar-refractivity contribution in [1.29, 1.82) is 0 Å². The van der Waals surface area contributed by atoms with E-state index in [4.69, 9.17) is 4.42 Å². The number of aryl methyl sites for hydroxylation is 1. The summed E-state index contributed by atoms with van der Waals surface area (Å²) in [5.41, 5.74) is 1.90. The molecule has 1 aromatic heterocycles. The second-order valence-corrected chi connectivity index (χ2v) is 5.07. The van der Waals surface area contributed by atoms with E-state index in [0.717, 1.165) is 17.0 Å². The third-order valence-electron chi connectivity index (χ3n) is 3.03. The van der Waals surface area contributed by atoms with Crippen molar-refractivity contribution in [3.63, 3.8) is 0 Å². The average Bonchev–Trinajstić information content (AvgIpc) is 2.80. The molecular weight excluding hydrogens is 252 g/mol. The predicted octanol–water partition coefficient (Wildman–Crippen LogP) is 2.96. The molecule has 2 aromatic rings. The third-order valence-corrected chi connectivity index (χ3v) is 3.03. The van der Waals surface area contributed by atoms with E-state index >= 15 is 0 Å². The van der Waals surface area contributed by atoms with Gasteiger partial charge in [-0.05, 0) is 0 Å². The second-order valence-electron chi connectivity index (χ2n) is 5.07. The number of hydrogen-bond acceptors (Lipinski definition) is 3. The third kappa shape index (κ3) is 3.47. The molecule has 0 spiro atoms. The zero-order valence-corrected chi connectivity index (χ0v) is 12.1. The van der Waals surface area contributed by atoms with Crippen LogP contribution in [0.15, 0.2) is 34.7 Å². The Bertz CT molecular complexity index is 573. The smallest absolute Gasteiger partial charge is 0.222 e. The topological polar surface area (TPSA) is 55.1 Å². The fourth-order valence-corrected chi connectivity index (χ4v) is 1.96. The van der Waals surface area contributed by atoms with E-state index in [-0.39, 0.29) is 11.8 Å². The Kier molecular flexibility index (Phi) is 4.56. The highest BCUT2D eigenvalue weighted by molar-refractivity contribution is 5.77. The van der Waals surface area contributed by atoms with Crippen molar-refractivity contribution in [3.8, 4) is 11.3 Å². The Labute approximate surface area is 119 Å². The lowest BCUT2D eigenvalue weighted by Gasteiger charge is -2.07. The van der Waals surface area contributed by atoms with Crippen LogP contribution in [0.4, 0.5) is 0 Å². The molecule has 0 aliphatic carbocycles. The molecule has 0 aliphatic rings. The first-order valence-corrected chi connectivity index (χ1v) is 6.87. The average molecular weight is 272 g/mol. The lowest BCUT2D eigenvalue weighted by molar-refractivity contribution is -0.123. The Morgan fingerprint density at radius 3 is 2.65 bits per heavy atom. The summed E-state index contributed by atoms with van der Waals surface area (Å²) >= 11 is 0. The van der Waals surface area contributed by atoms with Crippen LogP contribution in [-0.4, -0.2) is 17.4 Å². The van der Waals surface area contributed by atoms with Crippen LogP contribution in [0.5, 0.6) is 0 Å². The SMILES string of the molecule is Cc1nc(-c2ccccc2)c(CCNC(=O)C(C)C)o1. The van der Waals surface area contributed by atoms with E-state index in [2.05, 4.69) is 10.3 Å². The zero-order valence-electron chi connectivity index (χ0n) is 12.1. The quantitative estimate of drug-likeness (QED) is 0.910. The number of rotatable bonds is 5. The number of oxazole rings is 1. The summed E-state index contributed by atoms with van der Waals surface area (Å²) in [5, 5.41) is 2.89. The number of benzene rings is 1. The van der Waals surface area contributed by atoms with Crippen molar-refractivity contribution in [1.82, 2.24) is 10.3 Å². The lowest BCUT2D eigenvalue weighted by atomic mass is 10.1. The van der Waals surface area contributed by atoms with Gasteiger partial charge in [-0.25, -0.2) is 4.98 Å². The van der Waals surface area contributed by atoms with Crippen LogP contribution in [0.25, 0.3) is 11.3 Å². The molecule has 1 aromatic carbocycles. The van der Waals surface area contributed by atoms with Gasteiger partial charge in [-0.1, -0.05) is 44.2 Å². The van der Waals surface area contributed by atoms with Gasteiger partial charge < -0.3 is 9.73 Å². The number of hydrogen-bond donors (Lipinski definition) is 1. The molecular formula is C16H20N2O2. The Hall–Kier alpha value is -2.10. The highest BCUT2D eigenvalue weighted by Crippen LogP contribution is 2.23. The number of amides is 1. The number of carbonyl (C=O) groups is 1. The predicted molar refractivity (Wildman–Crippen MR) is 78.2 cm³/mol. The molecule has 0 radical (unpaired) electrons. The van der Waals surface area contributed by atoms with Crippen molar-refractivity contribution in [2.45, 2.75) is 27.2 Å². The highest BCUT2D eigenvalue weighted by Gasteiger charge is 2.13. The van der Waals surface area contributed by atoms with Gasteiger partial charge in [0.25, 0.3) is 0 Å². The van der Waals surface area contributed by atoms with Crippen molar-refractivity contribution >= 4 is 5.91 Å². The van der Waals surface area contributed by atoms with Crippen molar-refractivity contribution in [2.24, 2.45) is 5.92 Å². The van der Waals surface area contributed by atoms with E-state index in [1.807, 2.05) is 51.1 Å². The van der Waals surface area contributed by atoms with Gasteiger partial charge in [0.15, 0.2) is 5.89 Å². The summed E-state index contributed by atoms with van der Waals surface area (Å²) in [5.74, 6) is 1.52. The summed E-state index contributed by atoms with van der Waals surface area (Å²) < 4.78 is 5.65. The molecule has 1 amide bonds. The van der Waals surface area contributed by atoms with Crippen molar-refractivity contribution in [2.75, 3.05) is 6.54 Å². The summed E-state index contributed by atoms with van der Waals surface area (Å²) in [6.45, 7) is 6.15. The molecule has 4 nitrogen and oxygen atoms in total. The van der Waals surface area contributed by atoms with Crippen molar-refractivity contribution < 1.29 is 9.21 Å². The van der Waals surface area contributed by atoms with Crippen LogP contribution < -0.4 is 5.32 Å². The highest BCUT2D eigenvalue weighted by atomic mass is 16.4. The largest absolute Gasteiger partial charge is 0.445 e. The molecule has 0 atom stereocenters. The fourth-order valence-electron chi connectivity index (χ4n) is 1.96. The van der Waals surface area contributed by atoms with Crippen LogP contribution in [0.2, 0.25) is 0 Å². The van der Waals surface area contributed by atoms with E-state index in [9.17, 15) is 4.79 Å². The fraction of sp³-hybridized carbons (Fsp3) is 0.375. The maximum atomic E-state index is 11.5. The molecule has 0 saturated carbocycles. The molecule has 0 aliphatic heterocycles. The zero-order chi connectivity index (χ0) is 14.5. The van der Waals surface area contributed by atoms with Gasteiger partial charge in [-0.15, -0.1) is 0 Å². The molecule has 0 unspecified atom stereocenters. The van der Waals surface area contributed by atoms with Crippen LogP contribution in [0, 0.1) is 12.8 Å². The van der Waals surface area contributed by atoms with Gasteiger partial charge in [0, 0.05) is 31.4 Å². The number of nitrogens with zero attached hydrogens (tertiary/aromatic N) is 1. The summed E-state index contributed by atoms with van der Waals surface area (Å²) in [4.78, 5) is 16.0. The molecule has 0 saturated heterocycles. The molecule has 106 valence electrons. The van der Waals surface area contributed by atoms with Gasteiger partial charge in [0.05, 0.1) is 0 Å². The lowest BCUT2D eigenvalue weighted by Crippen LogP contribution is -2.29. The first-order valence-electron chi connectivity index (χ1n) is 6.87. The molecule has 1 heterocycles. The molecule has 1 N–H and O–H groups in total. The first-order chi connectivity index (χ1) is 9.58. The van der Waals surface area contributed by atoms with E-state index in [1.54, 1.807) is 0 Å². The van der Waals surface area contributed by atoms with Gasteiger partial charge in [-0.3, -0.25) is 4.79 Å². The van der Waals surface area contributed by atoms with Gasteiger partial charge >= 0.3 is 0 Å². The Morgan fingerprint density at radius 1 is 1.30 bits per heavy atom. The molecule has 20 heavy (non-hydrogen) atoms. The maximum absolute atomic E-state index is 11.5. The number of nitrogens with one attached hydrogen (secondary N) is 1. The summed E-state index contributed by atoms with van der Waals surface area (Å²) in [6.07, 6.45) is 0.642. The van der Waals surface area contributed by atoms with E-state index in [0.29, 0.717) is 18.9 Å². The second kappa shape index (κ2) is 6.37. The minimum absolute atomic E-state index is 0.0000517. The Morgan fingerprint density at radius 2 is 2.00 bits per heavy atom. The van der Waals surface area contributed by atoms with Crippen LogP contribution in [0.3, 0.4) is 0 Å². The summed E-state index contributed by atoms with van der Waals surface area (Å²) in [7, 11) is 0. The maximum Gasteiger partial charge on any atom is 0.222 e. The van der Waals surface area contributed by atoms with Crippen molar-refractivity contribution in [3.05, 3.63) is 42.0 Å². The molecule has 0 bridgehead atoms. The minimum atomic E-state index is 0.0000517. The van der Waals surface area contributed by atoms with Gasteiger partial charge in [0.2, 0.25) is 5.91 Å². The first kappa shape index (κ1) is 14.3. The van der Waals surface area contributed by atoms with E-state index < -0.39 is 0 Å². The molecule has 0 fully saturated rings. The normalized spacial score (nSPS) is 10.8.